The molecular formula is C19H24N2O. The van der Waals surface area contributed by atoms with E-state index in [1.54, 1.807) is 0 Å². The molecule has 1 aromatic carbocycles. The zero-order chi connectivity index (χ0) is 15.6. The molecule has 1 heterocycles. The first-order chi connectivity index (χ1) is 10.8. The second kappa shape index (κ2) is 8.88. The molecule has 0 spiro atoms. The molecular weight excluding hydrogens is 272 g/mol. The molecule has 0 atom stereocenters. The Kier molecular flexibility index (Phi) is 6.49. The van der Waals surface area contributed by atoms with Crippen molar-refractivity contribution in [3.8, 4) is 5.75 Å². The van der Waals surface area contributed by atoms with Gasteiger partial charge in [0.05, 0.1) is 25.0 Å². The Balaban J connectivity index is 2.01. The van der Waals surface area contributed by atoms with Crippen molar-refractivity contribution in [3.05, 3.63) is 73.1 Å². The number of aromatic nitrogens is 2. The summed E-state index contributed by atoms with van der Waals surface area (Å²) in [5, 5.41) is 4.47. The highest BCUT2D eigenvalue weighted by Crippen LogP contribution is 2.20. The maximum Gasteiger partial charge on any atom is 0.160 e. The van der Waals surface area contributed by atoms with Crippen LogP contribution in [0.3, 0.4) is 0 Å². The van der Waals surface area contributed by atoms with Gasteiger partial charge in [-0.3, -0.25) is 4.68 Å². The summed E-state index contributed by atoms with van der Waals surface area (Å²) >= 11 is 0. The van der Waals surface area contributed by atoms with Crippen LogP contribution in [0.15, 0.2) is 61.8 Å². The van der Waals surface area contributed by atoms with Gasteiger partial charge in [-0.05, 0) is 24.8 Å². The van der Waals surface area contributed by atoms with E-state index in [1.807, 2.05) is 41.2 Å². The van der Waals surface area contributed by atoms with E-state index in [1.165, 1.54) is 5.56 Å². The van der Waals surface area contributed by atoms with Crippen LogP contribution in [0.1, 0.15) is 30.5 Å². The van der Waals surface area contributed by atoms with Gasteiger partial charge in [-0.15, -0.1) is 13.2 Å². The molecule has 0 saturated heterocycles. The van der Waals surface area contributed by atoms with Crippen molar-refractivity contribution in [1.29, 1.82) is 0 Å². The Bertz CT molecular complexity index is 587. The van der Waals surface area contributed by atoms with Crippen LogP contribution in [-0.2, 0) is 13.0 Å². The van der Waals surface area contributed by atoms with Crippen molar-refractivity contribution >= 4 is 0 Å². The monoisotopic (exact) mass is 296 g/mol. The lowest BCUT2D eigenvalue weighted by Crippen LogP contribution is -2.07. The van der Waals surface area contributed by atoms with E-state index in [0.717, 1.165) is 50.3 Å². The molecule has 0 saturated carbocycles. The largest absolute Gasteiger partial charge is 0.490 e. The van der Waals surface area contributed by atoms with Gasteiger partial charge in [-0.2, -0.15) is 5.10 Å². The lowest BCUT2D eigenvalue weighted by Gasteiger charge is -2.09. The van der Waals surface area contributed by atoms with Crippen LogP contribution in [0.2, 0.25) is 0 Å². The Labute approximate surface area is 132 Å². The number of allylic oxidation sites excluding steroid dienone is 2. The first-order valence-corrected chi connectivity index (χ1v) is 7.78. The highest BCUT2D eigenvalue weighted by molar-refractivity contribution is 5.28. The minimum Gasteiger partial charge on any atom is -0.490 e. The maximum atomic E-state index is 5.89. The molecule has 2 rings (SSSR count). The fourth-order valence-electron chi connectivity index (χ4n) is 2.32. The Morgan fingerprint density at radius 1 is 1.09 bits per heavy atom. The first-order valence-electron chi connectivity index (χ1n) is 7.78. The molecule has 0 unspecified atom stereocenters. The number of benzene rings is 1. The predicted octanol–water partition coefficient (Wildman–Crippen LogP) is 4.40. The number of hydrogen-bond donors (Lipinski definition) is 0. The van der Waals surface area contributed by atoms with Gasteiger partial charge < -0.3 is 4.74 Å². The number of rotatable bonds is 10. The van der Waals surface area contributed by atoms with Crippen molar-refractivity contribution in [2.24, 2.45) is 0 Å². The average molecular weight is 296 g/mol. The van der Waals surface area contributed by atoms with Crippen molar-refractivity contribution in [3.63, 3.8) is 0 Å². The Hall–Kier alpha value is -2.29. The van der Waals surface area contributed by atoms with E-state index >= 15 is 0 Å². The van der Waals surface area contributed by atoms with E-state index in [2.05, 4.69) is 30.4 Å². The molecule has 0 bridgehead atoms. The first kappa shape index (κ1) is 16.1. The molecule has 22 heavy (non-hydrogen) atoms. The molecule has 0 fully saturated rings. The number of ether oxygens (including phenoxy) is 1. The highest BCUT2D eigenvalue weighted by atomic mass is 16.5. The minimum absolute atomic E-state index is 0.717. The van der Waals surface area contributed by atoms with Gasteiger partial charge in [0.15, 0.2) is 5.75 Å². The molecule has 2 aromatic rings. The minimum atomic E-state index is 0.717. The zero-order valence-corrected chi connectivity index (χ0v) is 13.1. The van der Waals surface area contributed by atoms with E-state index < -0.39 is 0 Å². The molecule has 116 valence electrons. The predicted molar refractivity (Wildman–Crippen MR) is 91.2 cm³/mol. The third-order valence-electron chi connectivity index (χ3n) is 3.48. The standard InChI is InChI=1S/C19H24N2O/c1-3-5-6-10-14-22-19-15-20-21(18(19)11-4-2)16-17-12-8-7-9-13-17/h3-4,7-9,12-13,15H,1-2,5-6,10-11,14,16H2. The van der Waals surface area contributed by atoms with Crippen LogP contribution in [0.5, 0.6) is 5.75 Å². The SMILES string of the molecule is C=CCCCCOc1cnn(Cc2ccccc2)c1CC=C. The van der Waals surface area contributed by atoms with Crippen molar-refractivity contribution in [2.45, 2.75) is 32.2 Å². The average Bonchev–Trinajstić information content (AvgIpc) is 2.91. The van der Waals surface area contributed by atoms with Crippen molar-refractivity contribution < 1.29 is 4.74 Å². The second-order valence-corrected chi connectivity index (χ2v) is 5.22. The topological polar surface area (TPSA) is 27.1 Å². The van der Waals surface area contributed by atoms with Crippen molar-refractivity contribution in [1.82, 2.24) is 9.78 Å². The van der Waals surface area contributed by atoms with Crippen LogP contribution < -0.4 is 4.74 Å². The molecule has 3 heteroatoms. The van der Waals surface area contributed by atoms with E-state index in [4.69, 9.17) is 4.74 Å². The summed E-state index contributed by atoms with van der Waals surface area (Å²) in [5.41, 5.74) is 2.32. The maximum absolute atomic E-state index is 5.89. The molecule has 0 radical (unpaired) electrons. The Morgan fingerprint density at radius 2 is 1.91 bits per heavy atom. The van der Waals surface area contributed by atoms with Crippen LogP contribution in [0, 0.1) is 0 Å². The summed E-state index contributed by atoms with van der Waals surface area (Å²) < 4.78 is 7.89. The summed E-state index contributed by atoms with van der Waals surface area (Å²) in [6, 6.07) is 10.3. The number of nitrogens with zero attached hydrogens (tertiary/aromatic N) is 2. The van der Waals surface area contributed by atoms with Crippen molar-refractivity contribution in [2.75, 3.05) is 6.61 Å². The van der Waals surface area contributed by atoms with E-state index in [0.29, 0.717) is 0 Å². The van der Waals surface area contributed by atoms with Gasteiger partial charge >= 0.3 is 0 Å². The summed E-state index contributed by atoms with van der Waals surface area (Å²) in [6.45, 7) is 9.04. The lowest BCUT2D eigenvalue weighted by atomic mass is 10.2. The fraction of sp³-hybridized carbons (Fsp3) is 0.316. The second-order valence-electron chi connectivity index (χ2n) is 5.22. The molecule has 0 aliphatic rings. The summed E-state index contributed by atoms with van der Waals surface area (Å²) in [5.74, 6) is 0.870. The third-order valence-corrected chi connectivity index (χ3v) is 3.48. The van der Waals surface area contributed by atoms with Crippen LogP contribution in [0.25, 0.3) is 0 Å². The number of unbranched alkanes of at least 4 members (excludes halogenated alkanes) is 2. The van der Waals surface area contributed by atoms with Crippen LogP contribution >= 0.6 is 0 Å². The molecule has 0 aliphatic carbocycles. The third kappa shape index (κ3) is 4.62. The van der Waals surface area contributed by atoms with Gasteiger partial charge in [0.25, 0.3) is 0 Å². The smallest absolute Gasteiger partial charge is 0.160 e. The fourth-order valence-corrected chi connectivity index (χ4v) is 2.32. The quantitative estimate of drug-likeness (QED) is 0.480. The molecule has 1 aromatic heterocycles. The normalized spacial score (nSPS) is 10.4. The van der Waals surface area contributed by atoms with Gasteiger partial charge in [-0.25, -0.2) is 0 Å². The lowest BCUT2D eigenvalue weighted by molar-refractivity contribution is 0.304. The molecule has 3 nitrogen and oxygen atoms in total. The molecule has 0 amide bonds. The molecule has 0 aliphatic heterocycles. The summed E-state index contributed by atoms with van der Waals surface area (Å²) in [4.78, 5) is 0. The van der Waals surface area contributed by atoms with Crippen LogP contribution in [-0.4, -0.2) is 16.4 Å². The van der Waals surface area contributed by atoms with Gasteiger partial charge in [0.1, 0.15) is 0 Å². The van der Waals surface area contributed by atoms with E-state index in [9.17, 15) is 0 Å². The van der Waals surface area contributed by atoms with Gasteiger partial charge in [0, 0.05) is 6.42 Å². The van der Waals surface area contributed by atoms with Gasteiger partial charge in [0.2, 0.25) is 0 Å². The van der Waals surface area contributed by atoms with Crippen LogP contribution in [0.4, 0.5) is 0 Å². The molecule has 0 N–H and O–H groups in total. The summed E-state index contributed by atoms with van der Waals surface area (Å²) in [6.07, 6.45) is 9.59. The van der Waals surface area contributed by atoms with E-state index in [-0.39, 0.29) is 0 Å². The highest BCUT2D eigenvalue weighted by Gasteiger charge is 2.11. The Morgan fingerprint density at radius 3 is 2.64 bits per heavy atom. The zero-order valence-electron chi connectivity index (χ0n) is 13.1. The summed E-state index contributed by atoms with van der Waals surface area (Å²) in [7, 11) is 0. The number of hydrogen-bond acceptors (Lipinski definition) is 2. The van der Waals surface area contributed by atoms with Gasteiger partial charge in [-0.1, -0.05) is 42.5 Å².